The molecule has 6 nitrogen and oxygen atoms in total. The van der Waals surface area contributed by atoms with Crippen molar-refractivity contribution in [2.45, 2.75) is 58.0 Å². The van der Waals surface area contributed by atoms with Crippen molar-refractivity contribution in [1.82, 2.24) is 10.2 Å². The van der Waals surface area contributed by atoms with Crippen LogP contribution in [0.15, 0.2) is 30.3 Å². The number of hydrogen-bond acceptors (Lipinski definition) is 4. The molecule has 0 saturated carbocycles. The Morgan fingerprint density at radius 1 is 1.24 bits per heavy atom. The number of carbonyl (C=O) groups excluding carboxylic acids is 2. The van der Waals surface area contributed by atoms with Gasteiger partial charge in [-0.1, -0.05) is 30.3 Å². The molecule has 1 saturated heterocycles. The SMILES string of the molecule is CNC(=O)C[C@@H]1C[C@@H](OCc2ccccc2)CN1C(=O)OC(C)(C)C. The minimum absolute atomic E-state index is 0.0951. The van der Waals surface area contributed by atoms with Gasteiger partial charge in [0, 0.05) is 19.5 Å². The fourth-order valence-corrected chi connectivity index (χ4v) is 2.84. The Morgan fingerprint density at radius 2 is 1.92 bits per heavy atom. The van der Waals surface area contributed by atoms with E-state index in [0.717, 1.165) is 5.56 Å². The van der Waals surface area contributed by atoms with E-state index in [4.69, 9.17) is 9.47 Å². The average Bonchev–Trinajstić information content (AvgIpc) is 2.95. The van der Waals surface area contributed by atoms with Crippen LogP contribution >= 0.6 is 0 Å². The number of carbonyl (C=O) groups is 2. The van der Waals surface area contributed by atoms with Crippen LogP contribution in [0, 0.1) is 0 Å². The highest BCUT2D eigenvalue weighted by Crippen LogP contribution is 2.26. The highest BCUT2D eigenvalue weighted by Gasteiger charge is 2.38. The highest BCUT2D eigenvalue weighted by atomic mass is 16.6. The maximum absolute atomic E-state index is 12.5. The molecule has 25 heavy (non-hydrogen) atoms. The number of benzene rings is 1. The first-order valence-corrected chi connectivity index (χ1v) is 8.64. The maximum atomic E-state index is 12.5. The minimum Gasteiger partial charge on any atom is -0.444 e. The second-order valence-corrected chi connectivity index (χ2v) is 7.32. The summed E-state index contributed by atoms with van der Waals surface area (Å²) in [7, 11) is 1.60. The Hall–Kier alpha value is -2.08. The summed E-state index contributed by atoms with van der Waals surface area (Å²) in [4.78, 5) is 25.9. The Bertz CT molecular complexity index is 583. The smallest absolute Gasteiger partial charge is 0.410 e. The lowest BCUT2D eigenvalue weighted by Gasteiger charge is -2.28. The topological polar surface area (TPSA) is 67.9 Å². The van der Waals surface area contributed by atoms with E-state index in [1.165, 1.54) is 0 Å². The molecule has 138 valence electrons. The molecule has 1 fully saturated rings. The first kappa shape index (κ1) is 19.2. The number of ether oxygens (including phenoxy) is 2. The number of rotatable bonds is 5. The van der Waals surface area contributed by atoms with Gasteiger partial charge in [0.1, 0.15) is 5.60 Å². The summed E-state index contributed by atoms with van der Waals surface area (Å²) in [5.41, 5.74) is 0.513. The van der Waals surface area contributed by atoms with E-state index >= 15 is 0 Å². The molecule has 0 radical (unpaired) electrons. The fraction of sp³-hybridized carbons (Fsp3) is 0.579. The zero-order chi connectivity index (χ0) is 18.4. The van der Waals surface area contributed by atoms with Crippen LogP contribution < -0.4 is 5.32 Å². The largest absolute Gasteiger partial charge is 0.444 e. The molecule has 1 heterocycles. The Balaban J connectivity index is 1.99. The summed E-state index contributed by atoms with van der Waals surface area (Å²) in [5, 5.41) is 2.61. The van der Waals surface area contributed by atoms with Gasteiger partial charge in [-0.05, 0) is 32.8 Å². The lowest BCUT2D eigenvalue weighted by molar-refractivity contribution is -0.121. The van der Waals surface area contributed by atoms with Crippen molar-refractivity contribution in [3.05, 3.63) is 35.9 Å². The molecule has 0 unspecified atom stereocenters. The van der Waals surface area contributed by atoms with Crippen molar-refractivity contribution in [3.8, 4) is 0 Å². The molecule has 0 aromatic heterocycles. The van der Waals surface area contributed by atoms with Crippen LogP contribution in [0.5, 0.6) is 0 Å². The second-order valence-electron chi connectivity index (χ2n) is 7.32. The van der Waals surface area contributed by atoms with Crippen molar-refractivity contribution in [3.63, 3.8) is 0 Å². The van der Waals surface area contributed by atoms with Crippen molar-refractivity contribution < 1.29 is 19.1 Å². The van der Waals surface area contributed by atoms with Gasteiger partial charge in [0.05, 0.1) is 19.3 Å². The highest BCUT2D eigenvalue weighted by molar-refractivity contribution is 5.77. The predicted molar refractivity (Wildman–Crippen MR) is 95.0 cm³/mol. The molecular formula is C19H28N2O4. The van der Waals surface area contributed by atoms with E-state index in [9.17, 15) is 9.59 Å². The van der Waals surface area contributed by atoms with E-state index in [2.05, 4.69) is 5.32 Å². The Labute approximate surface area is 149 Å². The summed E-state index contributed by atoms with van der Waals surface area (Å²) >= 11 is 0. The summed E-state index contributed by atoms with van der Waals surface area (Å²) in [6.07, 6.45) is 0.370. The Kier molecular flexibility index (Phi) is 6.42. The summed E-state index contributed by atoms with van der Waals surface area (Å²) in [5.74, 6) is -0.0951. The summed E-state index contributed by atoms with van der Waals surface area (Å²) in [6.45, 7) is 6.41. The van der Waals surface area contributed by atoms with Gasteiger partial charge >= 0.3 is 6.09 Å². The summed E-state index contributed by atoms with van der Waals surface area (Å²) in [6, 6.07) is 9.69. The van der Waals surface area contributed by atoms with Crippen molar-refractivity contribution in [2.75, 3.05) is 13.6 Å². The van der Waals surface area contributed by atoms with Gasteiger partial charge in [0.15, 0.2) is 0 Å². The van der Waals surface area contributed by atoms with E-state index in [1.54, 1.807) is 11.9 Å². The van der Waals surface area contributed by atoms with Crippen molar-refractivity contribution >= 4 is 12.0 Å². The van der Waals surface area contributed by atoms with Gasteiger partial charge < -0.3 is 19.7 Å². The van der Waals surface area contributed by atoms with E-state index < -0.39 is 11.7 Å². The number of nitrogens with zero attached hydrogens (tertiary/aromatic N) is 1. The lowest BCUT2D eigenvalue weighted by atomic mass is 10.1. The third-order valence-corrected chi connectivity index (χ3v) is 4.03. The molecule has 2 amide bonds. The number of amides is 2. The van der Waals surface area contributed by atoms with E-state index in [-0.39, 0.29) is 24.5 Å². The van der Waals surface area contributed by atoms with Gasteiger partial charge in [-0.3, -0.25) is 4.79 Å². The molecule has 1 aromatic rings. The molecule has 6 heteroatoms. The van der Waals surface area contributed by atoms with E-state index in [1.807, 2.05) is 51.1 Å². The standard InChI is InChI=1S/C19H28N2O4/c1-19(2,3)25-18(23)21-12-16(10-15(21)11-17(22)20-4)24-13-14-8-6-5-7-9-14/h5-9,15-16H,10-13H2,1-4H3,(H,20,22)/t15-,16+/m0/s1. The van der Waals surface area contributed by atoms with Crippen LogP contribution in [0.2, 0.25) is 0 Å². The third kappa shape index (κ3) is 6.05. The molecular weight excluding hydrogens is 320 g/mol. The summed E-state index contributed by atoms with van der Waals surface area (Å²) < 4.78 is 11.4. The van der Waals surface area contributed by atoms with Gasteiger partial charge in [0.2, 0.25) is 5.91 Å². The first-order chi connectivity index (χ1) is 11.8. The second kappa shape index (κ2) is 8.34. The quantitative estimate of drug-likeness (QED) is 0.888. The van der Waals surface area contributed by atoms with Crippen LogP contribution in [0.25, 0.3) is 0 Å². The van der Waals surface area contributed by atoms with Gasteiger partial charge in [-0.25, -0.2) is 4.79 Å². The first-order valence-electron chi connectivity index (χ1n) is 8.64. The van der Waals surface area contributed by atoms with Crippen molar-refractivity contribution in [1.29, 1.82) is 0 Å². The third-order valence-electron chi connectivity index (χ3n) is 4.03. The normalized spacial score (nSPS) is 20.4. The molecule has 1 aromatic carbocycles. The van der Waals surface area contributed by atoms with E-state index in [0.29, 0.717) is 19.6 Å². The molecule has 1 aliphatic heterocycles. The molecule has 2 atom stereocenters. The van der Waals surface area contributed by atoms with Crippen LogP contribution in [-0.2, 0) is 20.9 Å². The van der Waals surface area contributed by atoms with Crippen LogP contribution in [0.4, 0.5) is 4.79 Å². The maximum Gasteiger partial charge on any atom is 0.410 e. The lowest BCUT2D eigenvalue weighted by Crippen LogP contribution is -2.42. The predicted octanol–water partition coefficient (Wildman–Crippen LogP) is 2.72. The van der Waals surface area contributed by atoms with Gasteiger partial charge in [0.25, 0.3) is 0 Å². The van der Waals surface area contributed by atoms with Gasteiger partial charge in [-0.15, -0.1) is 0 Å². The van der Waals surface area contributed by atoms with Crippen LogP contribution in [0.3, 0.4) is 0 Å². The fourth-order valence-electron chi connectivity index (χ4n) is 2.84. The Morgan fingerprint density at radius 3 is 2.52 bits per heavy atom. The molecule has 1 aliphatic rings. The zero-order valence-electron chi connectivity index (χ0n) is 15.5. The molecule has 1 N–H and O–H groups in total. The molecule has 0 bridgehead atoms. The van der Waals surface area contributed by atoms with Crippen LogP contribution in [0.1, 0.15) is 39.2 Å². The average molecular weight is 348 g/mol. The van der Waals surface area contributed by atoms with Crippen molar-refractivity contribution in [2.24, 2.45) is 0 Å². The zero-order valence-corrected chi connectivity index (χ0v) is 15.5. The van der Waals surface area contributed by atoms with Gasteiger partial charge in [-0.2, -0.15) is 0 Å². The molecule has 0 spiro atoms. The molecule has 2 rings (SSSR count). The van der Waals surface area contributed by atoms with Crippen LogP contribution in [-0.4, -0.2) is 48.2 Å². The number of likely N-dealkylation sites (tertiary alicyclic amines) is 1. The number of nitrogens with one attached hydrogen (secondary N) is 1. The monoisotopic (exact) mass is 348 g/mol. The minimum atomic E-state index is -0.572. The molecule has 0 aliphatic carbocycles. The number of hydrogen-bond donors (Lipinski definition) is 1.